The number of halogens is 2. The number of benzene rings is 1. The van der Waals surface area contributed by atoms with Gasteiger partial charge in [0.25, 0.3) is 0 Å². The summed E-state index contributed by atoms with van der Waals surface area (Å²) in [6.45, 7) is -0.488. The van der Waals surface area contributed by atoms with Gasteiger partial charge in [-0.25, -0.2) is 4.39 Å². The number of hydrogen-bond donors (Lipinski definition) is 0. The van der Waals surface area contributed by atoms with Crippen molar-refractivity contribution in [2.24, 2.45) is 0 Å². The first-order chi connectivity index (χ1) is 7.07. The van der Waals surface area contributed by atoms with Crippen LogP contribution in [0.5, 0.6) is 5.75 Å². The van der Waals surface area contributed by atoms with Crippen LogP contribution in [-0.2, 0) is 0 Å². The molecule has 0 N–H and O–H groups in total. The predicted octanol–water partition coefficient (Wildman–Crippen LogP) is 2.29. The summed E-state index contributed by atoms with van der Waals surface area (Å²) in [4.78, 5) is 9.67. The summed E-state index contributed by atoms with van der Waals surface area (Å²) in [5.41, 5.74) is -0.563. The quantitative estimate of drug-likeness (QED) is 0.590. The van der Waals surface area contributed by atoms with Crippen LogP contribution in [0.1, 0.15) is 0 Å². The van der Waals surface area contributed by atoms with E-state index < -0.39 is 28.8 Å². The zero-order valence-corrected chi connectivity index (χ0v) is 7.99. The van der Waals surface area contributed by atoms with Crippen molar-refractivity contribution in [1.29, 1.82) is 5.26 Å². The van der Waals surface area contributed by atoms with Crippen LogP contribution in [0.4, 0.5) is 10.1 Å². The number of nitro benzene ring substituents is 1. The molecule has 0 aliphatic carbocycles. The molecule has 15 heavy (non-hydrogen) atoms. The van der Waals surface area contributed by atoms with E-state index in [4.69, 9.17) is 16.9 Å². The van der Waals surface area contributed by atoms with Crippen molar-refractivity contribution in [2.45, 2.75) is 0 Å². The number of hydrogen-bond acceptors (Lipinski definition) is 4. The van der Waals surface area contributed by atoms with Crippen LogP contribution in [0, 0.1) is 27.3 Å². The number of ether oxygens (including phenoxy) is 1. The maximum atomic E-state index is 13.3. The molecule has 0 fully saturated rings. The van der Waals surface area contributed by atoms with E-state index in [1.165, 1.54) is 0 Å². The van der Waals surface area contributed by atoms with Crippen LogP contribution < -0.4 is 4.74 Å². The van der Waals surface area contributed by atoms with Crippen molar-refractivity contribution in [1.82, 2.24) is 0 Å². The lowest BCUT2D eigenvalue weighted by Crippen LogP contribution is -2.01. The zero-order chi connectivity index (χ0) is 11.4. The standard InChI is InChI=1S/C8H4ClFN2O3/c9-5-1-2-6(12(13)14)8(7(5)10)15-4-3-11/h1-2H,4H2. The molecule has 0 heterocycles. The molecule has 0 spiro atoms. The van der Waals surface area contributed by atoms with Gasteiger partial charge in [-0.2, -0.15) is 5.26 Å². The second-order valence-electron chi connectivity index (χ2n) is 2.41. The molecule has 0 unspecified atom stereocenters. The molecule has 0 aliphatic heterocycles. The van der Waals surface area contributed by atoms with Crippen molar-refractivity contribution in [3.8, 4) is 11.8 Å². The summed E-state index contributed by atoms with van der Waals surface area (Å²) in [6.07, 6.45) is 0. The van der Waals surface area contributed by atoms with Crippen LogP contribution >= 0.6 is 11.6 Å². The summed E-state index contributed by atoms with van der Waals surface area (Å²) in [5, 5.41) is 18.4. The average molecular weight is 231 g/mol. The lowest BCUT2D eigenvalue weighted by molar-refractivity contribution is -0.386. The molecule has 1 rings (SSSR count). The minimum absolute atomic E-state index is 0.298. The molecule has 5 nitrogen and oxygen atoms in total. The number of nitrogens with zero attached hydrogens (tertiary/aromatic N) is 2. The van der Waals surface area contributed by atoms with Gasteiger partial charge in [0, 0.05) is 6.07 Å². The summed E-state index contributed by atoms with van der Waals surface area (Å²) < 4.78 is 17.9. The molecule has 0 radical (unpaired) electrons. The van der Waals surface area contributed by atoms with E-state index in [-0.39, 0.29) is 5.02 Å². The molecular formula is C8H4ClFN2O3. The van der Waals surface area contributed by atoms with Gasteiger partial charge in [-0.15, -0.1) is 0 Å². The van der Waals surface area contributed by atoms with E-state index in [1.54, 1.807) is 6.07 Å². The Balaban J connectivity index is 3.23. The third kappa shape index (κ3) is 2.33. The first kappa shape index (κ1) is 11.2. The SMILES string of the molecule is N#CCOc1c([N+](=O)[O-])ccc(Cl)c1F. The summed E-state index contributed by atoms with van der Waals surface area (Å²) >= 11 is 5.41. The van der Waals surface area contributed by atoms with Crippen LogP contribution in [0.15, 0.2) is 12.1 Å². The van der Waals surface area contributed by atoms with E-state index in [0.717, 1.165) is 12.1 Å². The third-order valence-corrected chi connectivity index (χ3v) is 1.80. The Morgan fingerprint density at radius 2 is 2.33 bits per heavy atom. The molecule has 7 heteroatoms. The highest BCUT2D eigenvalue weighted by Gasteiger charge is 2.22. The fourth-order valence-corrected chi connectivity index (χ4v) is 1.06. The second kappa shape index (κ2) is 4.57. The lowest BCUT2D eigenvalue weighted by atomic mass is 10.3. The zero-order valence-electron chi connectivity index (χ0n) is 7.24. The van der Waals surface area contributed by atoms with Gasteiger partial charge in [0.1, 0.15) is 6.07 Å². The first-order valence-electron chi connectivity index (χ1n) is 3.70. The molecule has 0 amide bonds. The van der Waals surface area contributed by atoms with Crippen molar-refractivity contribution in [2.75, 3.05) is 6.61 Å². The van der Waals surface area contributed by atoms with Gasteiger partial charge in [-0.05, 0) is 6.07 Å². The minimum atomic E-state index is -1.04. The molecule has 1 aromatic rings. The second-order valence-corrected chi connectivity index (χ2v) is 2.82. The van der Waals surface area contributed by atoms with Crippen LogP contribution in [-0.4, -0.2) is 11.5 Å². The Hall–Kier alpha value is -1.87. The maximum absolute atomic E-state index is 13.3. The summed E-state index contributed by atoms with van der Waals surface area (Å²) in [7, 11) is 0. The molecular weight excluding hydrogens is 227 g/mol. The third-order valence-electron chi connectivity index (χ3n) is 1.51. The van der Waals surface area contributed by atoms with E-state index in [1.807, 2.05) is 0 Å². The fourth-order valence-electron chi connectivity index (χ4n) is 0.907. The normalized spacial score (nSPS) is 9.40. The van der Waals surface area contributed by atoms with Gasteiger partial charge in [-0.3, -0.25) is 10.1 Å². The van der Waals surface area contributed by atoms with Gasteiger partial charge >= 0.3 is 5.69 Å². The number of rotatable bonds is 3. The Labute approximate surface area is 88.8 Å². The summed E-state index contributed by atoms with van der Waals surface area (Å²) in [6, 6.07) is 3.64. The van der Waals surface area contributed by atoms with Gasteiger partial charge < -0.3 is 4.74 Å². The summed E-state index contributed by atoms with van der Waals surface area (Å²) in [5.74, 6) is -1.66. The molecule has 1 aromatic carbocycles. The molecule has 0 aromatic heterocycles. The largest absolute Gasteiger partial charge is 0.469 e. The maximum Gasteiger partial charge on any atom is 0.314 e. The first-order valence-corrected chi connectivity index (χ1v) is 4.08. The molecule has 0 saturated carbocycles. The minimum Gasteiger partial charge on any atom is -0.469 e. The smallest absolute Gasteiger partial charge is 0.314 e. The Kier molecular flexibility index (Phi) is 3.42. The molecule has 0 saturated heterocycles. The van der Waals surface area contributed by atoms with E-state index >= 15 is 0 Å². The highest BCUT2D eigenvalue weighted by Crippen LogP contribution is 2.34. The van der Waals surface area contributed by atoms with Gasteiger partial charge in [0.15, 0.2) is 12.4 Å². The number of nitriles is 1. The van der Waals surface area contributed by atoms with Crippen molar-refractivity contribution < 1.29 is 14.1 Å². The predicted molar refractivity (Wildman–Crippen MR) is 49.2 cm³/mol. The van der Waals surface area contributed by atoms with E-state index in [9.17, 15) is 14.5 Å². The van der Waals surface area contributed by atoms with Crippen LogP contribution in [0.3, 0.4) is 0 Å². The van der Waals surface area contributed by atoms with Crippen molar-refractivity contribution >= 4 is 17.3 Å². The Morgan fingerprint density at radius 1 is 1.67 bits per heavy atom. The monoisotopic (exact) mass is 230 g/mol. The highest BCUT2D eigenvalue weighted by molar-refractivity contribution is 6.31. The van der Waals surface area contributed by atoms with Gasteiger partial charge in [0.05, 0.1) is 9.95 Å². The average Bonchev–Trinajstić information content (AvgIpc) is 2.19. The molecule has 0 bridgehead atoms. The van der Waals surface area contributed by atoms with Crippen LogP contribution in [0.2, 0.25) is 5.02 Å². The van der Waals surface area contributed by atoms with E-state index in [0.29, 0.717) is 0 Å². The van der Waals surface area contributed by atoms with Gasteiger partial charge in [0.2, 0.25) is 5.75 Å². The highest BCUT2D eigenvalue weighted by atomic mass is 35.5. The Morgan fingerprint density at radius 3 is 2.87 bits per heavy atom. The van der Waals surface area contributed by atoms with Crippen LogP contribution in [0.25, 0.3) is 0 Å². The topological polar surface area (TPSA) is 76.2 Å². The van der Waals surface area contributed by atoms with Crippen molar-refractivity contribution in [3.05, 3.63) is 33.1 Å². The molecule has 0 atom stereocenters. The lowest BCUT2D eigenvalue weighted by Gasteiger charge is -2.04. The molecule has 0 aliphatic rings. The Bertz CT molecular complexity index is 444. The molecule has 78 valence electrons. The van der Waals surface area contributed by atoms with E-state index in [2.05, 4.69) is 4.74 Å². The fraction of sp³-hybridized carbons (Fsp3) is 0.125. The number of nitro groups is 1. The van der Waals surface area contributed by atoms with Crippen molar-refractivity contribution in [3.63, 3.8) is 0 Å². The van der Waals surface area contributed by atoms with Gasteiger partial charge in [-0.1, -0.05) is 11.6 Å².